The number of hydrogen-bond acceptors (Lipinski definition) is 1. The first-order chi connectivity index (χ1) is 4.85. The number of rotatable bonds is 4. The highest BCUT2D eigenvalue weighted by atomic mass is 32.2. The van der Waals surface area contributed by atoms with Crippen molar-refractivity contribution < 1.29 is 3.89 Å². The Kier molecular flexibility index (Phi) is 6.29. The average molecular weight is 158 g/mol. The lowest BCUT2D eigenvalue weighted by molar-refractivity contribution is 0.938. The third-order valence-electron chi connectivity index (χ3n) is 0.934. The minimum absolute atomic E-state index is 0.322. The van der Waals surface area contributed by atoms with Crippen LogP contribution >= 0.6 is 12.1 Å². The lowest BCUT2D eigenvalue weighted by Gasteiger charge is -1.92. The maximum atomic E-state index is 11.7. The maximum Gasteiger partial charge on any atom is 0.0501 e. The summed E-state index contributed by atoms with van der Waals surface area (Å²) in [5.74, 6) is 0.399. The van der Waals surface area contributed by atoms with Gasteiger partial charge in [0, 0.05) is 12.1 Å². The maximum absolute atomic E-state index is 11.7. The summed E-state index contributed by atoms with van der Waals surface area (Å²) in [4.78, 5) is 0. The van der Waals surface area contributed by atoms with Gasteiger partial charge in [0.15, 0.2) is 0 Å². The molecule has 0 heterocycles. The van der Waals surface area contributed by atoms with E-state index in [0.717, 1.165) is 5.57 Å². The van der Waals surface area contributed by atoms with Gasteiger partial charge < -0.3 is 0 Å². The van der Waals surface area contributed by atoms with Crippen LogP contribution in [0.1, 0.15) is 6.92 Å². The van der Waals surface area contributed by atoms with Crippen LogP contribution in [0.15, 0.2) is 36.5 Å². The van der Waals surface area contributed by atoms with Crippen LogP contribution in [0.25, 0.3) is 0 Å². The quantitative estimate of drug-likeness (QED) is 0.566. The Morgan fingerprint density at radius 1 is 1.70 bits per heavy atom. The molecule has 56 valence electrons. The fourth-order valence-electron chi connectivity index (χ4n) is 0.580. The van der Waals surface area contributed by atoms with Crippen LogP contribution in [0.3, 0.4) is 0 Å². The van der Waals surface area contributed by atoms with E-state index in [1.807, 2.05) is 19.1 Å². The van der Waals surface area contributed by atoms with E-state index in [4.69, 9.17) is 0 Å². The molecule has 0 aromatic rings. The smallest absolute Gasteiger partial charge is 0.0501 e. The fourth-order valence-corrected chi connectivity index (χ4v) is 0.899. The second-order valence-electron chi connectivity index (χ2n) is 1.73. The highest BCUT2D eigenvalue weighted by Crippen LogP contribution is 2.09. The SMILES string of the molecule is C=C/C=C(\C=C/C)CSF. The van der Waals surface area contributed by atoms with Crippen molar-refractivity contribution in [2.45, 2.75) is 6.92 Å². The van der Waals surface area contributed by atoms with E-state index in [0.29, 0.717) is 17.9 Å². The Labute approximate surface area is 65.8 Å². The van der Waals surface area contributed by atoms with Gasteiger partial charge in [-0.1, -0.05) is 30.9 Å². The van der Waals surface area contributed by atoms with Crippen molar-refractivity contribution in [3.05, 3.63) is 36.5 Å². The van der Waals surface area contributed by atoms with Gasteiger partial charge in [-0.15, -0.1) is 0 Å². The molecule has 0 N–H and O–H groups in total. The van der Waals surface area contributed by atoms with Crippen LogP contribution in [-0.2, 0) is 0 Å². The first kappa shape index (κ1) is 9.50. The van der Waals surface area contributed by atoms with E-state index < -0.39 is 0 Å². The second kappa shape index (κ2) is 6.62. The molecule has 0 unspecified atom stereocenters. The molecule has 0 radical (unpaired) electrons. The van der Waals surface area contributed by atoms with Crippen molar-refractivity contribution >= 4 is 12.1 Å². The van der Waals surface area contributed by atoms with Gasteiger partial charge in [-0.05, 0) is 12.5 Å². The Morgan fingerprint density at radius 2 is 2.40 bits per heavy atom. The molecule has 0 aliphatic carbocycles. The zero-order valence-electron chi connectivity index (χ0n) is 6.01. The van der Waals surface area contributed by atoms with Crippen LogP contribution < -0.4 is 0 Å². The normalized spacial score (nSPS) is 12.4. The van der Waals surface area contributed by atoms with E-state index in [-0.39, 0.29) is 0 Å². The Hall–Kier alpha value is -0.500. The summed E-state index contributed by atoms with van der Waals surface area (Å²) in [5.41, 5.74) is 0.949. The predicted molar refractivity (Wildman–Crippen MR) is 46.7 cm³/mol. The van der Waals surface area contributed by atoms with Crippen LogP contribution in [0.5, 0.6) is 0 Å². The molecule has 0 aliphatic heterocycles. The molecule has 0 bridgehead atoms. The number of halogens is 1. The number of allylic oxidation sites excluding steroid dienone is 4. The standard InChI is InChI=1S/C8H11FS/c1-3-5-8(6-4-2)7-10-9/h3-6H,1,7H2,2H3/b6-4-,8-5+. The molecule has 0 aromatic heterocycles. The van der Waals surface area contributed by atoms with E-state index in [9.17, 15) is 3.89 Å². The molecular formula is C8H11FS. The van der Waals surface area contributed by atoms with Gasteiger partial charge >= 0.3 is 0 Å². The minimum Gasteiger partial charge on any atom is -0.165 e. The molecule has 0 saturated carbocycles. The van der Waals surface area contributed by atoms with Crippen molar-refractivity contribution in [3.8, 4) is 0 Å². The molecule has 0 rings (SSSR count). The van der Waals surface area contributed by atoms with Crippen molar-refractivity contribution in [2.75, 3.05) is 5.75 Å². The molecule has 0 amide bonds. The third kappa shape index (κ3) is 4.39. The number of hydrogen-bond donors (Lipinski definition) is 0. The molecule has 0 saturated heterocycles. The summed E-state index contributed by atoms with van der Waals surface area (Å²) in [7, 11) is 0. The minimum atomic E-state index is 0.322. The van der Waals surface area contributed by atoms with Gasteiger partial charge in [0.05, 0.1) is 5.75 Å². The first-order valence-corrected chi connectivity index (χ1v) is 3.91. The van der Waals surface area contributed by atoms with Crippen molar-refractivity contribution in [2.24, 2.45) is 0 Å². The molecular weight excluding hydrogens is 147 g/mol. The van der Waals surface area contributed by atoms with Crippen LogP contribution in [0.2, 0.25) is 0 Å². The summed E-state index contributed by atoms with van der Waals surface area (Å²) < 4.78 is 11.7. The third-order valence-corrected chi connectivity index (χ3v) is 1.38. The molecule has 0 fully saturated rings. The van der Waals surface area contributed by atoms with Crippen LogP contribution in [-0.4, -0.2) is 5.75 Å². The van der Waals surface area contributed by atoms with E-state index in [1.54, 1.807) is 12.2 Å². The lowest BCUT2D eigenvalue weighted by atomic mass is 10.2. The van der Waals surface area contributed by atoms with Crippen molar-refractivity contribution in [3.63, 3.8) is 0 Å². The molecule has 0 nitrogen and oxygen atoms in total. The zero-order valence-corrected chi connectivity index (χ0v) is 6.83. The van der Waals surface area contributed by atoms with E-state index >= 15 is 0 Å². The Morgan fingerprint density at radius 3 is 2.80 bits per heavy atom. The Balaban J connectivity index is 3.96. The topological polar surface area (TPSA) is 0 Å². The van der Waals surface area contributed by atoms with Gasteiger partial charge in [0.25, 0.3) is 0 Å². The van der Waals surface area contributed by atoms with Crippen molar-refractivity contribution in [1.82, 2.24) is 0 Å². The van der Waals surface area contributed by atoms with Gasteiger partial charge in [-0.3, -0.25) is 0 Å². The Bertz CT molecular complexity index is 147. The highest BCUT2D eigenvalue weighted by molar-refractivity contribution is 7.94. The van der Waals surface area contributed by atoms with Gasteiger partial charge in [0.1, 0.15) is 0 Å². The summed E-state index contributed by atoms with van der Waals surface area (Å²) in [6, 6.07) is 0. The molecule has 0 spiro atoms. The van der Waals surface area contributed by atoms with Crippen molar-refractivity contribution in [1.29, 1.82) is 0 Å². The lowest BCUT2D eigenvalue weighted by Crippen LogP contribution is -1.78. The second-order valence-corrected chi connectivity index (χ2v) is 2.24. The van der Waals surface area contributed by atoms with Gasteiger partial charge in [0.2, 0.25) is 0 Å². The highest BCUT2D eigenvalue weighted by Gasteiger charge is 1.89. The van der Waals surface area contributed by atoms with E-state index in [2.05, 4.69) is 6.58 Å². The molecule has 0 atom stereocenters. The molecule has 10 heavy (non-hydrogen) atoms. The zero-order chi connectivity index (χ0) is 7.82. The molecule has 2 heteroatoms. The van der Waals surface area contributed by atoms with Gasteiger partial charge in [-0.2, -0.15) is 3.89 Å². The monoisotopic (exact) mass is 158 g/mol. The fraction of sp³-hybridized carbons (Fsp3) is 0.250. The summed E-state index contributed by atoms with van der Waals surface area (Å²) >= 11 is 0.322. The summed E-state index contributed by atoms with van der Waals surface area (Å²) in [5, 5.41) is 0. The van der Waals surface area contributed by atoms with Crippen LogP contribution in [0, 0.1) is 0 Å². The average Bonchev–Trinajstić information content (AvgIpc) is 1.90. The predicted octanol–water partition coefficient (Wildman–Crippen LogP) is 3.29. The van der Waals surface area contributed by atoms with E-state index in [1.165, 1.54) is 0 Å². The first-order valence-electron chi connectivity index (χ1n) is 3.03. The van der Waals surface area contributed by atoms with Crippen LogP contribution in [0.4, 0.5) is 3.89 Å². The molecule has 0 aromatic carbocycles. The molecule has 0 aliphatic rings. The summed E-state index contributed by atoms with van der Waals surface area (Å²) in [6.07, 6.45) is 7.21. The van der Waals surface area contributed by atoms with Gasteiger partial charge in [-0.25, -0.2) is 0 Å². The summed E-state index contributed by atoms with van der Waals surface area (Å²) in [6.45, 7) is 5.43. The largest absolute Gasteiger partial charge is 0.165 e.